The van der Waals surface area contributed by atoms with Crippen LogP contribution in [0.5, 0.6) is 0 Å². The van der Waals surface area contributed by atoms with E-state index in [0.717, 1.165) is 44.9 Å². The molecule has 0 aliphatic heterocycles. The largest absolute Gasteiger partial charge is 0.463 e. The van der Waals surface area contributed by atoms with Crippen LogP contribution in [0.2, 0.25) is 0 Å². The predicted molar refractivity (Wildman–Crippen MR) is 79.6 cm³/mol. The summed E-state index contributed by atoms with van der Waals surface area (Å²) >= 11 is 0. The molecule has 0 aromatic rings. The van der Waals surface area contributed by atoms with Crippen LogP contribution in [0.4, 0.5) is 0 Å². The summed E-state index contributed by atoms with van der Waals surface area (Å²) in [5.41, 5.74) is 0. The summed E-state index contributed by atoms with van der Waals surface area (Å²) in [5.74, 6) is -0.500. The van der Waals surface area contributed by atoms with E-state index in [1.54, 1.807) is 0 Å². The van der Waals surface area contributed by atoms with Crippen molar-refractivity contribution in [2.75, 3.05) is 0 Å². The minimum Gasteiger partial charge on any atom is -0.463 e. The molecule has 2 unspecified atom stereocenters. The summed E-state index contributed by atoms with van der Waals surface area (Å²) < 4.78 is 10.9. The lowest BCUT2D eigenvalue weighted by Gasteiger charge is -2.29. The van der Waals surface area contributed by atoms with E-state index in [0.29, 0.717) is 6.42 Å². The van der Waals surface area contributed by atoms with Gasteiger partial charge in [0.15, 0.2) is 0 Å². The molecule has 21 heavy (non-hydrogen) atoms. The van der Waals surface area contributed by atoms with Gasteiger partial charge in [-0.15, -0.1) is 0 Å². The van der Waals surface area contributed by atoms with Gasteiger partial charge < -0.3 is 9.47 Å². The van der Waals surface area contributed by atoms with Gasteiger partial charge in [-0.1, -0.05) is 12.8 Å². The molecule has 2 saturated carbocycles. The highest BCUT2D eigenvalue weighted by atomic mass is 16.5. The van der Waals surface area contributed by atoms with Crippen molar-refractivity contribution in [2.24, 2.45) is 11.8 Å². The van der Waals surface area contributed by atoms with Crippen LogP contribution >= 0.6 is 0 Å². The van der Waals surface area contributed by atoms with Crippen LogP contribution in [0.3, 0.4) is 0 Å². The van der Waals surface area contributed by atoms with Gasteiger partial charge >= 0.3 is 11.9 Å². The van der Waals surface area contributed by atoms with Crippen LogP contribution in [-0.2, 0) is 19.1 Å². The van der Waals surface area contributed by atoms with E-state index in [9.17, 15) is 9.59 Å². The van der Waals surface area contributed by atoms with Crippen molar-refractivity contribution in [3.8, 4) is 0 Å². The van der Waals surface area contributed by atoms with Gasteiger partial charge in [-0.25, -0.2) is 0 Å². The van der Waals surface area contributed by atoms with Gasteiger partial charge in [-0.3, -0.25) is 9.59 Å². The highest BCUT2D eigenvalue weighted by Gasteiger charge is 2.34. The Morgan fingerprint density at radius 1 is 0.857 bits per heavy atom. The number of hydrogen-bond acceptors (Lipinski definition) is 4. The molecule has 0 N–H and O–H groups in total. The van der Waals surface area contributed by atoms with E-state index in [-0.39, 0.29) is 36.0 Å². The molecule has 0 saturated heterocycles. The fourth-order valence-electron chi connectivity index (χ4n) is 3.39. The molecular weight excluding hydrogens is 268 g/mol. The minimum atomic E-state index is -0.153. The van der Waals surface area contributed by atoms with Crippen LogP contribution in [0.25, 0.3) is 0 Å². The molecule has 2 fully saturated rings. The van der Waals surface area contributed by atoms with Crippen molar-refractivity contribution < 1.29 is 19.1 Å². The number of hydrogen-bond donors (Lipinski definition) is 0. The number of carbonyl (C=O) groups excluding carboxylic acids is 2. The zero-order valence-electron chi connectivity index (χ0n) is 13.3. The SMILES string of the molecule is CC(C)OC(=O)C1CCCC(C(=O)OC2CCCCC2)C1. The van der Waals surface area contributed by atoms with Crippen LogP contribution in [0, 0.1) is 11.8 Å². The smallest absolute Gasteiger partial charge is 0.309 e. The first kappa shape index (κ1) is 16.3. The third-order valence-corrected chi connectivity index (χ3v) is 4.53. The number of ether oxygens (including phenoxy) is 2. The summed E-state index contributed by atoms with van der Waals surface area (Å²) in [4.78, 5) is 24.3. The van der Waals surface area contributed by atoms with E-state index in [2.05, 4.69) is 0 Å². The summed E-state index contributed by atoms with van der Waals surface area (Å²) in [7, 11) is 0. The lowest BCUT2D eigenvalue weighted by molar-refractivity contribution is -0.160. The van der Waals surface area contributed by atoms with Crippen molar-refractivity contribution in [3.05, 3.63) is 0 Å². The van der Waals surface area contributed by atoms with E-state index in [4.69, 9.17) is 9.47 Å². The maximum Gasteiger partial charge on any atom is 0.309 e. The Morgan fingerprint density at radius 2 is 1.48 bits per heavy atom. The molecule has 2 aliphatic carbocycles. The van der Waals surface area contributed by atoms with Crippen LogP contribution in [0.1, 0.15) is 71.6 Å². The fraction of sp³-hybridized carbons (Fsp3) is 0.882. The molecule has 4 heteroatoms. The molecule has 0 amide bonds. The van der Waals surface area contributed by atoms with Gasteiger partial charge in [0, 0.05) is 0 Å². The fourth-order valence-corrected chi connectivity index (χ4v) is 3.39. The van der Waals surface area contributed by atoms with Crippen LogP contribution in [0.15, 0.2) is 0 Å². The number of carbonyl (C=O) groups is 2. The highest BCUT2D eigenvalue weighted by Crippen LogP contribution is 2.32. The summed E-state index contributed by atoms with van der Waals surface area (Å²) in [6.07, 6.45) is 8.75. The van der Waals surface area contributed by atoms with Gasteiger partial charge in [0.05, 0.1) is 17.9 Å². The lowest BCUT2D eigenvalue weighted by atomic mass is 9.81. The molecule has 0 heterocycles. The van der Waals surface area contributed by atoms with Crippen molar-refractivity contribution in [3.63, 3.8) is 0 Å². The molecule has 2 aliphatic rings. The Balaban J connectivity index is 1.82. The first-order chi connectivity index (χ1) is 10.1. The Hall–Kier alpha value is -1.06. The molecule has 4 nitrogen and oxygen atoms in total. The molecule has 120 valence electrons. The van der Waals surface area contributed by atoms with E-state index in [1.165, 1.54) is 6.42 Å². The average molecular weight is 296 g/mol. The first-order valence-electron chi connectivity index (χ1n) is 8.47. The van der Waals surface area contributed by atoms with E-state index >= 15 is 0 Å². The number of rotatable bonds is 4. The average Bonchev–Trinajstić information content (AvgIpc) is 2.47. The maximum absolute atomic E-state index is 12.3. The Morgan fingerprint density at radius 3 is 2.10 bits per heavy atom. The van der Waals surface area contributed by atoms with Crippen LogP contribution in [-0.4, -0.2) is 24.1 Å². The molecule has 0 radical (unpaired) electrons. The second-order valence-electron chi connectivity index (χ2n) is 6.74. The quantitative estimate of drug-likeness (QED) is 0.743. The number of esters is 2. The third kappa shape index (κ3) is 5.01. The third-order valence-electron chi connectivity index (χ3n) is 4.53. The van der Waals surface area contributed by atoms with Gasteiger partial charge in [-0.05, 0) is 58.8 Å². The first-order valence-corrected chi connectivity index (χ1v) is 8.47. The minimum absolute atomic E-state index is 0.0907. The normalized spacial score (nSPS) is 27.4. The second-order valence-corrected chi connectivity index (χ2v) is 6.74. The van der Waals surface area contributed by atoms with E-state index < -0.39 is 0 Å². The standard InChI is InChI=1S/C17H28O4/c1-12(2)20-16(18)13-7-6-8-14(11-13)17(19)21-15-9-4-3-5-10-15/h12-15H,3-11H2,1-2H3. The molecular formula is C17H28O4. The van der Waals surface area contributed by atoms with Crippen molar-refractivity contribution >= 4 is 11.9 Å². The summed E-state index contributed by atoms with van der Waals surface area (Å²) in [5, 5.41) is 0. The van der Waals surface area contributed by atoms with Crippen molar-refractivity contribution in [2.45, 2.75) is 83.8 Å². The van der Waals surface area contributed by atoms with Gasteiger partial charge in [0.2, 0.25) is 0 Å². The Kier molecular flexibility index (Phi) is 6.07. The van der Waals surface area contributed by atoms with Gasteiger partial charge in [0.25, 0.3) is 0 Å². The Bertz CT molecular complexity index is 358. The Labute approximate surface area is 127 Å². The molecule has 0 bridgehead atoms. The summed E-state index contributed by atoms with van der Waals surface area (Å²) in [6, 6.07) is 0. The zero-order chi connectivity index (χ0) is 15.2. The molecule has 2 atom stereocenters. The molecule has 0 aromatic heterocycles. The van der Waals surface area contributed by atoms with Crippen LogP contribution < -0.4 is 0 Å². The molecule has 2 rings (SSSR count). The summed E-state index contributed by atoms with van der Waals surface area (Å²) in [6.45, 7) is 3.71. The second kappa shape index (κ2) is 7.81. The van der Waals surface area contributed by atoms with Gasteiger partial charge in [-0.2, -0.15) is 0 Å². The zero-order valence-corrected chi connectivity index (χ0v) is 13.3. The monoisotopic (exact) mass is 296 g/mol. The molecule has 0 spiro atoms. The highest BCUT2D eigenvalue weighted by molar-refractivity contribution is 5.76. The molecule has 0 aromatic carbocycles. The maximum atomic E-state index is 12.3. The topological polar surface area (TPSA) is 52.6 Å². The van der Waals surface area contributed by atoms with E-state index in [1.807, 2.05) is 13.8 Å². The van der Waals surface area contributed by atoms with Crippen molar-refractivity contribution in [1.82, 2.24) is 0 Å². The van der Waals surface area contributed by atoms with Gasteiger partial charge in [0.1, 0.15) is 6.10 Å². The lowest BCUT2D eigenvalue weighted by Crippen LogP contribution is -2.32. The predicted octanol–water partition coefficient (Wildman–Crippen LogP) is 3.62. The van der Waals surface area contributed by atoms with Crippen molar-refractivity contribution in [1.29, 1.82) is 0 Å².